The third kappa shape index (κ3) is 39.3. The Morgan fingerprint density at radius 1 is 0.435 bits per heavy atom. The molecule has 2 aliphatic heterocycles. The fraction of sp³-hybridized carbons (Fsp3) is 0.732. The van der Waals surface area contributed by atoms with Crippen molar-refractivity contribution in [1.82, 2.24) is 5.32 Å². The Morgan fingerprint density at radius 2 is 0.824 bits per heavy atom. The van der Waals surface area contributed by atoms with Crippen molar-refractivity contribution in [1.29, 1.82) is 0 Å². The first-order chi connectivity index (χ1) is 41.6. The maximum absolute atomic E-state index is 13.3. The van der Waals surface area contributed by atoms with E-state index in [1.165, 1.54) is 122 Å². The van der Waals surface area contributed by atoms with E-state index in [4.69, 9.17) is 18.9 Å². The molecule has 0 spiro atoms. The monoisotopic (exact) mass is 1200 g/mol. The highest BCUT2D eigenvalue weighted by atomic mass is 16.7. The van der Waals surface area contributed by atoms with Gasteiger partial charge in [-0.25, -0.2) is 0 Å². The van der Waals surface area contributed by atoms with Crippen molar-refractivity contribution in [3.63, 3.8) is 0 Å². The average molecular weight is 1200 g/mol. The summed E-state index contributed by atoms with van der Waals surface area (Å²) in [5, 5.41) is 87.2. The van der Waals surface area contributed by atoms with Gasteiger partial charge < -0.3 is 65.1 Å². The molecule has 0 aliphatic carbocycles. The molecule has 0 aromatic rings. The number of hydrogen-bond donors (Lipinski definition) is 9. The van der Waals surface area contributed by atoms with E-state index >= 15 is 0 Å². The van der Waals surface area contributed by atoms with Gasteiger partial charge >= 0.3 is 0 Å². The summed E-state index contributed by atoms with van der Waals surface area (Å²) >= 11 is 0. The minimum atomic E-state index is -1.80. The quantitative estimate of drug-likeness (QED) is 0.0204. The zero-order valence-electron chi connectivity index (χ0n) is 52.8. The molecule has 488 valence electrons. The van der Waals surface area contributed by atoms with E-state index < -0.39 is 86.8 Å². The van der Waals surface area contributed by atoms with Crippen LogP contribution in [0, 0.1) is 0 Å². The number of aliphatic hydroxyl groups excluding tert-OH is 8. The number of allylic oxidation sites excluding steroid dienone is 17. The molecule has 14 nitrogen and oxygen atoms in total. The van der Waals surface area contributed by atoms with Gasteiger partial charge in [0.15, 0.2) is 12.6 Å². The van der Waals surface area contributed by atoms with E-state index in [0.29, 0.717) is 12.8 Å². The number of ether oxygens (including phenoxy) is 4. The number of carbonyl (C=O) groups excluding carboxylic acids is 1. The fourth-order valence-corrected chi connectivity index (χ4v) is 10.3. The van der Waals surface area contributed by atoms with Crippen LogP contribution in [-0.2, 0) is 23.7 Å². The SMILES string of the molecule is CC/C=C\C/C=C\C/C=C\C/C=C\C/C=C\C/C=C\CCCCCCCCCCCCCCCCCCC(=O)NC(COC1OC(CO)C(OC2OC(CO)C(O)C(O)C2O)C(O)C1O)C(O)/C=C/CC/C=C/CC/C=C/CCCCCCCC. The molecular weight excluding hydrogens is 1070 g/mol. The molecule has 1 amide bonds. The Balaban J connectivity index is 1.65. The largest absolute Gasteiger partial charge is 0.394 e. The normalized spacial score (nSPS) is 24.3. The predicted octanol–water partition coefficient (Wildman–Crippen LogP) is 13.2. The Bertz CT molecular complexity index is 1840. The number of carbonyl (C=O) groups is 1. The zero-order valence-corrected chi connectivity index (χ0v) is 52.8. The van der Waals surface area contributed by atoms with Crippen LogP contribution in [0.25, 0.3) is 0 Å². The van der Waals surface area contributed by atoms with E-state index in [1.54, 1.807) is 6.08 Å². The van der Waals surface area contributed by atoms with Gasteiger partial charge in [0.05, 0.1) is 32.0 Å². The van der Waals surface area contributed by atoms with Gasteiger partial charge in [-0.05, 0) is 96.3 Å². The van der Waals surface area contributed by atoms with E-state index in [9.17, 15) is 45.6 Å². The van der Waals surface area contributed by atoms with Crippen molar-refractivity contribution in [2.24, 2.45) is 0 Å². The third-order valence-corrected chi connectivity index (χ3v) is 15.7. The number of hydrogen-bond acceptors (Lipinski definition) is 13. The average Bonchev–Trinajstić information content (AvgIpc) is 3.70. The molecule has 2 heterocycles. The van der Waals surface area contributed by atoms with Gasteiger partial charge in [-0.15, -0.1) is 0 Å². The highest BCUT2D eigenvalue weighted by Crippen LogP contribution is 2.30. The number of rotatable bonds is 53. The minimum Gasteiger partial charge on any atom is -0.394 e. The number of nitrogens with one attached hydrogen (secondary N) is 1. The Labute approximate surface area is 515 Å². The molecule has 0 aromatic carbocycles. The van der Waals surface area contributed by atoms with E-state index in [0.717, 1.165) is 83.5 Å². The summed E-state index contributed by atoms with van der Waals surface area (Å²) in [6.45, 7) is 2.65. The summed E-state index contributed by atoms with van der Waals surface area (Å²) in [5.41, 5.74) is 0. The molecule has 0 aromatic heterocycles. The molecule has 0 saturated carbocycles. The van der Waals surface area contributed by atoms with Crippen molar-refractivity contribution in [2.45, 2.75) is 312 Å². The maximum Gasteiger partial charge on any atom is 0.220 e. The van der Waals surface area contributed by atoms with Gasteiger partial charge in [-0.2, -0.15) is 0 Å². The van der Waals surface area contributed by atoms with Crippen LogP contribution < -0.4 is 5.32 Å². The lowest BCUT2D eigenvalue weighted by Gasteiger charge is -2.46. The summed E-state index contributed by atoms with van der Waals surface area (Å²) < 4.78 is 22.8. The molecule has 2 fully saturated rings. The van der Waals surface area contributed by atoms with Crippen molar-refractivity contribution in [3.8, 4) is 0 Å². The van der Waals surface area contributed by atoms with E-state index in [2.05, 4.69) is 116 Å². The topological polar surface area (TPSA) is 228 Å². The van der Waals surface area contributed by atoms with Crippen LogP contribution in [0.4, 0.5) is 0 Å². The Morgan fingerprint density at radius 3 is 1.29 bits per heavy atom. The molecule has 0 bridgehead atoms. The second-order valence-electron chi connectivity index (χ2n) is 23.2. The molecule has 12 unspecified atom stereocenters. The third-order valence-electron chi connectivity index (χ3n) is 15.7. The number of aliphatic hydroxyl groups is 8. The Hall–Kier alpha value is -3.35. The summed E-state index contributed by atoms with van der Waals surface area (Å²) in [4.78, 5) is 13.3. The van der Waals surface area contributed by atoms with Gasteiger partial charge in [0.1, 0.15) is 48.8 Å². The first-order valence-electron chi connectivity index (χ1n) is 33.6. The van der Waals surface area contributed by atoms with Gasteiger partial charge in [0, 0.05) is 6.42 Å². The molecule has 2 aliphatic rings. The molecule has 85 heavy (non-hydrogen) atoms. The van der Waals surface area contributed by atoms with Crippen LogP contribution in [0.3, 0.4) is 0 Å². The first kappa shape index (κ1) is 77.7. The van der Waals surface area contributed by atoms with Crippen molar-refractivity contribution < 1.29 is 64.6 Å². The second-order valence-corrected chi connectivity index (χ2v) is 23.2. The first-order valence-corrected chi connectivity index (χ1v) is 33.6. The highest BCUT2D eigenvalue weighted by molar-refractivity contribution is 5.76. The molecule has 0 radical (unpaired) electrons. The standard InChI is InChI=1S/C71H121NO13/c1-3-5-7-9-11-13-15-17-19-21-22-23-24-25-26-27-28-29-30-31-32-33-34-35-36-37-38-39-41-43-45-47-49-51-53-55-63(76)72-59(60(75)54-52-50-48-46-44-42-40-20-18-16-14-12-10-8-6-4-2)58-82-70-68(81)66(79)69(62(57-74)84-70)85-71-67(80)65(78)64(77)61(56-73)83-71/h5,7,11,13,17-20,22-23,25-26,28-29,44,46,52,54,59-62,64-71,73-75,77-81H,3-4,6,8-10,12,14-16,21,24,27,30-43,45,47-51,53,55-58H2,1-2H3,(H,72,76)/b7-5-,13-11-,19-17-,20-18+,23-22-,26-25-,29-28-,46-44+,54-52+. The van der Waals surface area contributed by atoms with Gasteiger partial charge in [0.2, 0.25) is 5.91 Å². The molecule has 2 rings (SSSR count). The lowest BCUT2D eigenvalue weighted by Crippen LogP contribution is -2.65. The van der Waals surface area contributed by atoms with Crippen LogP contribution in [-0.4, -0.2) is 140 Å². The predicted molar refractivity (Wildman–Crippen MR) is 345 cm³/mol. The molecular formula is C71H121NO13. The zero-order chi connectivity index (χ0) is 61.6. The van der Waals surface area contributed by atoms with Gasteiger partial charge in [-0.3, -0.25) is 4.79 Å². The lowest BCUT2D eigenvalue weighted by atomic mass is 9.97. The van der Waals surface area contributed by atoms with Crippen LogP contribution in [0.1, 0.15) is 239 Å². The van der Waals surface area contributed by atoms with Crippen LogP contribution in [0.5, 0.6) is 0 Å². The molecule has 14 heteroatoms. The molecule has 12 atom stereocenters. The highest BCUT2D eigenvalue weighted by Gasteiger charge is 2.51. The van der Waals surface area contributed by atoms with Crippen molar-refractivity contribution in [3.05, 3.63) is 109 Å². The van der Waals surface area contributed by atoms with Crippen molar-refractivity contribution >= 4 is 5.91 Å². The van der Waals surface area contributed by atoms with Crippen molar-refractivity contribution in [2.75, 3.05) is 19.8 Å². The molecule has 2 saturated heterocycles. The van der Waals surface area contributed by atoms with E-state index in [-0.39, 0.29) is 18.9 Å². The number of unbranched alkanes of at least 4 members (excludes halogenated alkanes) is 24. The summed E-state index contributed by atoms with van der Waals surface area (Å²) in [6, 6.07) is -0.943. The summed E-state index contributed by atoms with van der Waals surface area (Å²) in [7, 11) is 0. The summed E-state index contributed by atoms with van der Waals surface area (Å²) in [5.74, 6) is -0.256. The van der Waals surface area contributed by atoms with Crippen LogP contribution in [0.2, 0.25) is 0 Å². The molecule has 9 N–H and O–H groups in total. The van der Waals surface area contributed by atoms with Crippen LogP contribution >= 0.6 is 0 Å². The van der Waals surface area contributed by atoms with E-state index in [1.807, 2.05) is 6.08 Å². The number of amides is 1. The Kier molecular flexibility index (Phi) is 50.1. The summed E-state index contributed by atoms with van der Waals surface area (Å²) in [6.07, 6.45) is 61.4. The van der Waals surface area contributed by atoms with Gasteiger partial charge in [0.25, 0.3) is 0 Å². The smallest absolute Gasteiger partial charge is 0.220 e. The minimum absolute atomic E-state index is 0.256. The van der Waals surface area contributed by atoms with Gasteiger partial charge in [-0.1, -0.05) is 245 Å². The lowest BCUT2D eigenvalue weighted by molar-refractivity contribution is -0.359. The second kappa shape index (κ2) is 54.8. The maximum atomic E-state index is 13.3. The fourth-order valence-electron chi connectivity index (χ4n) is 10.3. The van der Waals surface area contributed by atoms with Crippen LogP contribution in [0.15, 0.2) is 109 Å².